The van der Waals surface area contributed by atoms with Crippen LogP contribution < -0.4 is 0 Å². The number of hydrogen-bond acceptors (Lipinski definition) is 3. The van der Waals surface area contributed by atoms with Crippen LogP contribution in [0.2, 0.25) is 0 Å². The van der Waals surface area contributed by atoms with Crippen LogP contribution in [0.5, 0.6) is 0 Å². The molecule has 0 bridgehead atoms. The molecule has 0 N–H and O–H groups in total. The van der Waals surface area contributed by atoms with Gasteiger partial charge in [0.05, 0.1) is 17.9 Å². The van der Waals surface area contributed by atoms with E-state index in [2.05, 4.69) is 4.98 Å². The third kappa shape index (κ3) is 5.00. The molecule has 21 heavy (non-hydrogen) atoms. The Balaban J connectivity index is 2.00. The summed E-state index contributed by atoms with van der Waals surface area (Å²) < 4.78 is 5.15. The van der Waals surface area contributed by atoms with Gasteiger partial charge in [-0.1, -0.05) is 44.2 Å². The van der Waals surface area contributed by atoms with Gasteiger partial charge in [-0.05, 0) is 37.8 Å². The van der Waals surface area contributed by atoms with Gasteiger partial charge in [0.2, 0.25) is 0 Å². The average Bonchev–Trinajstić information content (AvgIpc) is 2.53. The fraction of sp³-hybridized carbons (Fsp3) is 0.556. The first kappa shape index (κ1) is 15.7. The number of nitrogens with zero attached hydrogens (tertiary/aromatic N) is 1. The first-order valence-electron chi connectivity index (χ1n) is 8.10. The second-order valence-electron chi connectivity index (χ2n) is 5.63. The molecule has 0 atom stereocenters. The molecule has 3 heteroatoms. The molecule has 1 aromatic heterocycles. The Morgan fingerprint density at radius 1 is 1.33 bits per heavy atom. The Morgan fingerprint density at radius 2 is 2.14 bits per heavy atom. The van der Waals surface area contributed by atoms with E-state index in [1.807, 2.05) is 31.2 Å². The summed E-state index contributed by atoms with van der Waals surface area (Å²) in [6.07, 6.45) is 12.6. The van der Waals surface area contributed by atoms with Gasteiger partial charge in [0.15, 0.2) is 0 Å². The molecule has 0 amide bonds. The van der Waals surface area contributed by atoms with Crippen molar-refractivity contribution >= 4 is 11.5 Å². The minimum Gasteiger partial charge on any atom is -0.462 e. The molecule has 2 rings (SSSR count). The third-order valence-corrected chi connectivity index (χ3v) is 4.08. The van der Waals surface area contributed by atoms with E-state index in [-0.39, 0.29) is 5.97 Å². The minimum atomic E-state index is -0.264. The number of hydrogen-bond donors (Lipinski definition) is 0. The molecule has 0 unspecified atom stereocenters. The van der Waals surface area contributed by atoms with Crippen molar-refractivity contribution in [1.29, 1.82) is 0 Å². The number of rotatable bonds is 6. The third-order valence-electron chi connectivity index (χ3n) is 4.08. The highest BCUT2D eigenvalue weighted by Gasteiger charge is 2.16. The summed E-state index contributed by atoms with van der Waals surface area (Å²) in [6, 6.07) is 5.62. The van der Waals surface area contributed by atoms with Gasteiger partial charge in [-0.2, -0.15) is 0 Å². The van der Waals surface area contributed by atoms with Crippen molar-refractivity contribution in [3.8, 4) is 0 Å². The molecule has 1 heterocycles. The van der Waals surface area contributed by atoms with Gasteiger partial charge < -0.3 is 4.74 Å². The summed E-state index contributed by atoms with van der Waals surface area (Å²) in [6.45, 7) is 2.22. The molecule has 0 spiro atoms. The molecule has 114 valence electrons. The number of aromatic nitrogens is 1. The summed E-state index contributed by atoms with van der Waals surface area (Å²) in [5, 5.41) is 0. The zero-order valence-electron chi connectivity index (χ0n) is 12.9. The van der Waals surface area contributed by atoms with Gasteiger partial charge in [-0.25, -0.2) is 4.79 Å². The van der Waals surface area contributed by atoms with Crippen LogP contribution in [0, 0.1) is 5.92 Å². The van der Waals surface area contributed by atoms with Gasteiger partial charge in [0.1, 0.15) is 0 Å². The summed E-state index contributed by atoms with van der Waals surface area (Å²) in [4.78, 5) is 16.4. The molecule has 0 aliphatic heterocycles. The smallest absolute Gasteiger partial charge is 0.339 e. The zero-order chi connectivity index (χ0) is 14.9. The number of carbonyl (C=O) groups excluding carboxylic acids is 1. The van der Waals surface area contributed by atoms with Crippen molar-refractivity contribution in [1.82, 2.24) is 4.98 Å². The lowest BCUT2D eigenvalue weighted by Crippen LogP contribution is -2.09. The van der Waals surface area contributed by atoms with E-state index in [0.29, 0.717) is 17.9 Å². The largest absolute Gasteiger partial charge is 0.462 e. The molecule has 1 saturated carbocycles. The van der Waals surface area contributed by atoms with E-state index in [0.717, 1.165) is 18.8 Å². The van der Waals surface area contributed by atoms with Gasteiger partial charge in [-0.3, -0.25) is 4.98 Å². The minimum absolute atomic E-state index is 0.264. The van der Waals surface area contributed by atoms with Crippen LogP contribution in [0.4, 0.5) is 0 Å². The number of esters is 1. The number of carbonyl (C=O) groups is 1. The highest BCUT2D eigenvalue weighted by atomic mass is 16.5. The van der Waals surface area contributed by atoms with E-state index >= 15 is 0 Å². The molecular weight excluding hydrogens is 262 g/mol. The maximum Gasteiger partial charge on any atom is 0.339 e. The second-order valence-corrected chi connectivity index (χ2v) is 5.63. The number of allylic oxidation sites excluding steroid dienone is 1. The van der Waals surface area contributed by atoms with Crippen molar-refractivity contribution in [3.05, 3.63) is 36.2 Å². The topological polar surface area (TPSA) is 39.2 Å². The highest BCUT2D eigenvalue weighted by Crippen LogP contribution is 2.28. The summed E-state index contributed by atoms with van der Waals surface area (Å²) in [5.41, 5.74) is 1.31. The lowest BCUT2D eigenvalue weighted by molar-refractivity contribution is -0.136. The SMILES string of the molecule is CCOC(=O)/C(=C\CCC1CCCCC1)c1ccccn1. The van der Waals surface area contributed by atoms with E-state index in [4.69, 9.17) is 4.74 Å². The Hall–Kier alpha value is -1.64. The zero-order valence-corrected chi connectivity index (χ0v) is 12.9. The van der Waals surface area contributed by atoms with Gasteiger partial charge in [0.25, 0.3) is 0 Å². The maximum absolute atomic E-state index is 12.1. The predicted octanol–water partition coefficient (Wildman–Crippen LogP) is 4.39. The van der Waals surface area contributed by atoms with Crippen LogP contribution in [0.1, 0.15) is 57.6 Å². The standard InChI is InChI=1S/C18H25NO2/c1-2-21-18(20)16(17-13-6-7-14-19-17)12-8-11-15-9-4-3-5-10-15/h6-7,12-15H,2-5,8-11H2,1H3/b16-12-. The number of pyridine rings is 1. The van der Waals surface area contributed by atoms with E-state index < -0.39 is 0 Å². The first-order valence-corrected chi connectivity index (χ1v) is 8.10. The van der Waals surface area contributed by atoms with Crippen LogP contribution in [-0.2, 0) is 9.53 Å². The molecule has 1 aliphatic carbocycles. The lowest BCUT2D eigenvalue weighted by Gasteiger charge is -2.20. The van der Waals surface area contributed by atoms with Gasteiger partial charge in [-0.15, -0.1) is 0 Å². The summed E-state index contributed by atoms with van der Waals surface area (Å²) in [5.74, 6) is 0.557. The molecular formula is C18H25NO2. The fourth-order valence-corrected chi connectivity index (χ4v) is 2.96. The van der Waals surface area contributed by atoms with Crippen LogP contribution in [0.3, 0.4) is 0 Å². The van der Waals surface area contributed by atoms with E-state index in [1.54, 1.807) is 6.20 Å². The monoisotopic (exact) mass is 287 g/mol. The van der Waals surface area contributed by atoms with Crippen molar-refractivity contribution < 1.29 is 9.53 Å². The molecule has 1 aliphatic rings. The van der Waals surface area contributed by atoms with Gasteiger partial charge in [0, 0.05) is 6.20 Å². The van der Waals surface area contributed by atoms with Crippen molar-refractivity contribution in [2.75, 3.05) is 6.61 Å². The normalized spacial score (nSPS) is 16.7. The molecule has 0 radical (unpaired) electrons. The second kappa shape index (κ2) is 8.60. The Bertz CT molecular complexity index is 461. The lowest BCUT2D eigenvalue weighted by atomic mass is 9.86. The van der Waals surface area contributed by atoms with Crippen molar-refractivity contribution in [3.63, 3.8) is 0 Å². The molecule has 0 aromatic carbocycles. The van der Waals surface area contributed by atoms with E-state index in [9.17, 15) is 4.79 Å². The Morgan fingerprint density at radius 3 is 2.81 bits per heavy atom. The molecule has 1 aromatic rings. The molecule has 1 fully saturated rings. The quantitative estimate of drug-likeness (QED) is 0.575. The predicted molar refractivity (Wildman–Crippen MR) is 84.7 cm³/mol. The summed E-state index contributed by atoms with van der Waals surface area (Å²) in [7, 11) is 0. The highest BCUT2D eigenvalue weighted by molar-refractivity contribution is 6.15. The van der Waals surface area contributed by atoms with Crippen LogP contribution in [0.15, 0.2) is 30.5 Å². The van der Waals surface area contributed by atoms with Crippen LogP contribution in [-0.4, -0.2) is 17.6 Å². The maximum atomic E-state index is 12.1. The van der Waals surface area contributed by atoms with Gasteiger partial charge >= 0.3 is 5.97 Å². The van der Waals surface area contributed by atoms with Crippen LogP contribution in [0.25, 0.3) is 5.57 Å². The summed E-state index contributed by atoms with van der Waals surface area (Å²) >= 11 is 0. The van der Waals surface area contributed by atoms with Crippen molar-refractivity contribution in [2.24, 2.45) is 5.92 Å². The van der Waals surface area contributed by atoms with Crippen molar-refractivity contribution in [2.45, 2.75) is 51.9 Å². The number of ether oxygens (including phenoxy) is 1. The van der Waals surface area contributed by atoms with Crippen LogP contribution >= 0.6 is 0 Å². The average molecular weight is 287 g/mol. The van der Waals surface area contributed by atoms with E-state index in [1.165, 1.54) is 32.1 Å². The molecule has 0 saturated heterocycles. The Kier molecular flexibility index (Phi) is 6.45. The first-order chi connectivity index (χ1) is 10.3. The Labute approximate surface area is 127 Å². The molecule has 3 nitrogen and oxygen atoms in total. The fourth-order valence-electron chi connectivity index (χ4n) is 2.96.